The van der Waals surface area contributed by atoms with Crippen molar-refractivity contribution in [2.45, 2.75) is 33.9 Å². The van der Waals surface area contributed by atoms with Gasteiger partial charge >= 0.3 is 0 Å². The summed E-state index contributed by atoms with van der Waals surface area (Å²) in [5.41, 5.74) is 1.68. The molecule has 0 aliphatic carbocycles. The van der Waals surface area contributed by atoms with Crippen molar-refractivity contribution < 1.29 is 53.3 Å². The van der Waals surface area contributed by atoms with Crippen molar-refractivity contribution in [1.82, 2.24) is 16.0 Å². The SMILES string of the molecule is O=C(NCCc1ccc(S(=O)(=O)[O-])cc1)C(C(=O)NCCc1ccc(S(=O)(=O)[O-])cc1)C(=O)NCCc1ccc(S(=O)(=O)[O-])cc1. The molecule has 0 saturated heterocycles. The van der Waals surface area contributed by atoms with Gasteiger partial charge in [0.2, 0.25) is 17.7 Å². The molecule has 0 saturated carbocycles. The summed E-state index contributed by atoms with van der Waals surface area (Å²) in [4.78, 5) is 37.7. The lowest BCUT2D eigenvalue weighted by Crippen LogP contribution is -2.50. The number of carbonyl (C=O) groups is 3. The molecule has 3 aromatic carbocycles. The van der Waals surface area contributed by atoms with Gasteiger partial charge in [-0.3, -0.25) is 14.4 Å². The zero-order valence-electron chi connectivity index (χ0n) is 23.9. The fourth-order valence-corrected chi connectivity index (χ4v) is 5.53. The van der Waals surface area contributed by atoms with Crippen LogP contribution in [0.1, 0.15) is 16.7 Å². The Bertz CT molecular complexity index is 1660. The summed E-state index contributed by atoms with van der Waals surface area (Å²) in [6, 6.07) is 15.0. The second-order valence-corrected chi connectivity index (χ2v) is 14.0. The topological polar surface area (TPSA) is 259 Å². The van der Waals surface area contributed by atoms with E-state index in [1.165, 1.54) is 36.4 Å². The van der Waals surface area contributed by atoms with Crippen LogP contribution in [0.3, 0.4) is 0 Å². The second kappa shape index (κ2) is 15.4. The molecule has 3 N–H and O–H groups in total. The Morgan fingerprint density at radius 2 is 0.674 bits per heavy atom. The van der Waals surface area contributed by atoms with Crippen LogP contribution in [0.4, 0.5) is 0 Å². The van der Waals surface area contributed by atoms with Crippen LogP contribution in [0.2, 0.25) is 0 Å². The zero-order valence-corrected chi connectivity index (χ0v) is 26.3. The Morgan fingerprint density at radius 3 is 0.870 bits per heavy atom. The second-order valence-electron chi connectivity index (χ2n) is 9.85. The van der Waals surface area contributed by atoms with Gasteiger partial charge < -0.3 is 29.6 Å². The third-order valence-electron chi connectivity index (χ3n) is 6.56. The van der Waals surface area contributed by atoms with Crippen molar-refractivity contribution in [1.29, 1.82) is 0 Å². The number of hydrogen-bond acceptors (Lipinski definition) is 12. The van der Waals surface area contributed by atoms with Gasteiger partial charge in [0.1, 0.15) is 30.4 Å². The summed E-state index contributed by atoms with van der Waals surface area (Å²) < 4.78 is 99.9. The maximum atomic E-state index is 13.0. The number of rotatable bonds is 15. The molecule has 0 atom stereocenters. The predicted octanol–water partition coefficient (Wildman–Crippen LogP) is -0.608. The summed E-state index contributed by atoms with van der Waals surface area (Å²) in [5.74, 6) is -4.66. The highest BCUT2D eigenvalue weighted by atomic mass is 32.2. The van der Waals surface area contributed by atoms with Crippen LogP contribution in [0, 0.1) is 5.92 Å². The van der Waals surface area contributed by atoms with Gasteiger partial charge in [0.15, 0.2) is 5.92 Å². The first-order chi connectivity index (χ1) is 21.4. The number of amides is 3. The molecule has 3 amide bonds. The maximum Gasteiger partial charge on any atom is 0.242 e. The molecule has 248 valence electrons. The van der Waals surface area contributed by atoms with Crippen molar-refractivity contribution in [3.63, 3.8) is 0 Å². The highest BCUT2D eigenvalue weighted by molar-refractivity contribution is 7.86. The highest BCUT2D eigenvalue weighted by Gasteiger charge is 2.33. The quantitative estimate of drug-likeness (QED) is 0.133. The van der Waals surface area contributed by atoms with E-state index in [0.29, 0.717) is 16.7 Å². The molecule has 0 heterocycles. The van der Waals surface area contributed by atoms with Gasteiger partial charge in [0.05, 0.1) is 14.7 Å². The van der Waals surface area contributed by atoms with Gasteiger partial charge in [0, 0.05) is 19.6 Å². The Labute approximate surface area is 265 Å². The monoisotopic (exact) mass is 694 g/mol. The fraction of sp³-hybridized carbons (Fsp3) is 0.250. The van der Waals surface area contributed by atoms with E-state index in [1.54, 1.807) is 0 Å². The normalized spacial score (nSPS) is 12.0. The summed E-state index contributed by atoms with van der Waals surface area (Å²) in [6.45, 7) is -0.157. The first-order valence-electron chi connectivity index (χ1n) is 13.4. The number of hydrogen-bond donors (Lipinski definition) is 3. The molecule has 0 aliphatic rings. The van der Waals surface area contributed by atoms with Crippen molar-refractivity contribution in [3.8, 4) is 0 Å². The van der Waals surface area contributed by atoms with E-state index in [2.05, 4.69) is 16.0 Å². The van der Waals surface area contributed by atoms with Gasteiger partial charge in [0.25, 0.3) is 0 Å². The third kappa shape index (κ3) is 11.0. The van der Waals surface area contributed by atoms with E-state index in [0.717, 1.165) is 36.4 Å². The smallest absolute Gasteiger partial charge is 0.242 e. The van der Waals surface area contributed by atoms with Crippen molar-refractivity contribution in [2.24, 2.45) is 5.92 Å². The van der Waals surface area contributed by atoms with E-state index in [4.69, 9.17) is 0 Å². The average Bonchev–Trinajstić information content (AvgIpc) is 2.97. The molecule has 18 heteroatoms. The maximum absolute atomic E-state index is 13.0. The standard InChI is InChI=1S/C28H31N3O12S3/c32-26(29-16-13-19-1-7-22(8-2-19)44(35,36)37)25(27(33)30-17-14-20-3-9-23(10-4-20)45(38,39)40)28(34)31-18-15-21-5-11-24(12-6-21)46(41,42)43/h1-12,25H,13-18H2,(H,29,32)(H,30,33)(H,31,34)(H,35,36,37)(H,38,39,40)(H,41,42,43)/p-3. The molecule has 3 rings (SSSR count). The van der Waals surface area contributed by atoms with Crippen LogP contribution in [-0.4, -0.2) is 76.3 Å². The minimum absolute atomic E-state index is 0.0523. The lowest BCUT2D eigenvalue weighted by Gasteiger charge is -2.17. The molecular formula is C28H28N3O12S3-3. The Morgan fingerprint density at radius 1 is 0.457 bits per heavy atom. The minimum atomic E-state index is -4.63. The van der Waals surface area contributed by atoms with Crippen LogP contribution in [0.25, 0.3) is 0 Å². The lowest BCUT2D eigenvalue weighted by molar-refractivity contribution is -0.142. The molecule has 0 aliphatic heterocycles. The number of nitrogens with one attached hydrogen (secondary N) is 3. The number of carbonyl (C=O) groups excluding carboxylic acids is 3. The van der Waals surface area contributed by atoms with Gasteiger partial charge in [-0.2, -0.15) is 0 Å². The molecule has 0 radical (unpaired) electrons. The highest BCUT2D eigenvalue weighted by Crippen LogP contribution is 2.13. The van der Waals surface area contributed by atoms with Crippen LogP contribution in [0.5, 0.6) is 0 Å². The van der Waals surface area contributed by atoms with Crippen LogP contribution in [-0.2, 0) is 64.0 Å². The van der Waals surface area contributed by atoms with Crippen LogP contribution >= 0.6 is 0 Å². The molecule has 0 spiro atoms. The number of benzene rings is 3. The van der Waals surface area contributed by atoms with Crippen LogP contribution < -0.4 is 16.0 Å². The first kappa shape index (κ1) is 36.3. The lowest BCUT2D eigenvalue weighted by atomic mass is 10.1. The largest absolute Gasteiger partial charge is 0.744 e. The summed E-state index contributed by atoms with van der Waals surface area (Å²) >= 11 is 0. The molecule has 0 fully saturated rings. The van der Waals surface area contributed by atoms with E-state index in [1.807, 2.05) is 0 Å². The minimum Gasteiger partial charge on any atom is -0.744 e. The molecule has 0 bridgehead atoms. The van der Waals surface area contributed by atoms with Gasteiger partial charge in [-0.25, -0.2) is 25.3 Å². The van der Waals surface area contributed by atoms with E-state index in [-0.39, 0.29) is 38.9 Å². The molecular weight excluding hydrogens is 667 g/mol. The third-order valence-corrected chi connectivity index (χ3v) is 9.11. The van der Waals surface area contributed by atoms with Gasteiger partial charge in [-0.15, -0.1) is 0 Å². The molecule has 3 aromatic rings. The van der Waals surface area contributed by atoms with E-state index < -0.39 is 68.7 Å². The molecule has 46 heavy (non-hydrogen) atoms. The van der Waals surface area contributed by atoms with Gasteiger partial charge in [-0.1, -0.05) is 36.4 Å². The average molecular weight is 695 g/mol. The summed E-state index contributed by atoms with van der Waals surface area (Å²) in [6.07, 6.45) is 0.515. The molecule has 15 nitrogen and oxygen atoms in total. The fourth-order valence-electron chi connectivity index (χ4n) is 4.12. The van der Waals surface area contributed by atoms with E-state index >= 15 is 0 Å². The van der Waals surface area contributed by atoms with Crippen molar-refractivity contribution in [2.75, 3.05) is 19.6 Å². The van der Waals surface area contributed by atoms with E-state index in [9.17, 15) is 53.3 Å². The Balaban J connectivity index is 1.63. The molecule has 0 unspecified atom stereocenters. The van der Waals surface area contributed by atoms with Crippen molar-refractivity contribution >= 4 is 48.1 Å². The molecule has 0 aromatic heterocycles. The summed E-state index contributed by atoms with van der Waals surface area (Å²) in [7, 11) is -13.9. The predicted molar refractivity (Wildman–Crippen MR) is 157 cm³/mol. The van der Waals surface area contributed by atoms with Crippen LogP contribution in [0.15, 0.2) is 87.5 Å². The first-order valence-corrected chi connectivity index (χ1v) is 17.7. The van der Waals surface area contributed by atoms with Gasteiger partial charge in [-0.05, 0) is 72.4 Å². The van der Waals surface area contributed by atoms with Crippen molar-refractivity contribution in [3.05, 3.63) is 89.5 Å². The summed E-state index contributed by atoms with van der Waals surface area (Å²) in [5, 5.41) is 7.44. The Hall–Kier alpha value is -4.20. The zero-order chi connectivity index (χ0) is 34.1. The Kier molecular flexibility index (Phi) is 12.1.